The van der Waals surface area contributed by atoms with Crippen molar-refractivity contribution >= 4 is 12.1 Å². The lowest BCUT2D eigenvalue weighted by atomic mass is 10.2. The van der Waals surface area contributed by atoms with Crippen molar-refractivity contribution in [1.82, 2.24) is 9.99 Å². The fourth-order valence-electron chi connectivity index (χ4n) is 2.14. The minimum absolute atomic E-state index is 0.0737. The molecule has 3 aromatic rings. The highest BCUT2D eigenvalue weighted by Crippen LogP contribution is 2.15. The number of phenolic OH excluding ortho intramolecular Hbond substituents is 1. The predicted molar refractivity (Wildman–Crippen MR) is 88.9 cm³/mol. The summed E-state index contributed by atoms with van der Waals surface area (Å²) < 4.78 is 1.96. The molecule has 114 valence electrons. The van der Waals surface area contributed by atoms with Crippen molar-refractivity contribution in [3.63, 3.8) is 0 Å². The van der Waals surface area contributed by atoms with Crippen molar-refractivity contribution in [3.05, 3.63) is 84.2 Å². The number of para-hydroxylation sites is 2. The van der Waals surface area contributed by atoms with Gasteiger partial charge < -0.3 is 9.67 Å². The molecule has 0 atom stereocenters. The summed E-state index contributed by atoms with van der Waals surface area (Å²) in [6.07, 6.45) is 5.38. The summed E-state index contributed by atoms with van der Waals surface area (Å²) in [5.41, 5.74) is 4.48. The van der Waals surface area contributed by atoms with Gasteiger partial charge in [-0.2, -0.15) is 5.10 Å². The van der Waals surface area contributed by atoms with Crippen LogP contribution in [0.5, 0.6) is 5.75 Å². The largest absolute Gasteiger partial charge is 0.507 e. The summed E-state index contributed by atoms with van der Waals surface area (Å²) in [6, 6.07) is 18.1. The van der Waals surface area contributed by atoms with E-state index < -0.39 is 5.91 Å². The van der Waals surface area contributed by atoms with Gasteiger partial charge in [0.05, 0.1) is 11.8 Å². The molecule has 1 amide bonds. The maximum absolute atomic E-state index is 11.9. The average molecular weight is 305 g/mol. The number of rotatable bonds is 4. The lowest BCUT2D eigenvalue weighted by molar-refractivity contribution is 0.0952. The molecule has 3 rings (SSSR count). The maximum Gasteiger partial charge on any atom is 0.275 e. The summed E-state index contributed by atoms with van der Waals surface area (Å²) in [5.74, 6) is -0.530. The second-order valence-corrected chi connectivity index (χ2v) is 4.90. The monoisotopic (exact) mass is 305 g/mol. The van der Waals surface area contributed by atoms with Gasteiger partial charge in [-0.1, -0.05) is 30.3 Å². The molecule has 0 spiro atoms. The van der Waals surface area contributed by atoms with Crippen LogP contribution in [-0.2, 0) is 0 Å². The van der Waals surface area contributed by atoms with Gasteiger partial charge in [0.15, 0.2) is 0 Å². The molecule has 2 N–H and O–H groups in total. The van der Waals surface area contributed by atoms with Crippen LogP contribution in [0.3, 0.4) is 0 Å². The Labute approximate surface area is 133 Å². The smallest absolute Gasteiger partial charge is 0.275 e. The minimum atomic E-state index is -0.457. The molecule has 0 saturated carbocycles. The van der Waals surface area contributed by atoms with Gasteiger partial charge in [0.1, 0.15) is 5.75 Å². The molecule has 1 heterocycles. The lowest BCUT2D eigenvalue weighted by Gasteiger charge is -2.01. The molecule has 0 fully saturated rings. The fourth-order valence-corrected chi connectivity index (χ4v) is 2.14. The number of hydrogen-bond donors (Lipinski definition) is 2. The first-order valence-electron chi connectivity index (χ1n) is 7.09. The zero-order valence-corrected chi connectivity index (χ0v) is 12.3. The van der Waals surface area contributed by atoms with Crippen molar-refractivity contribution in [1.29, 1.82) is 0 Å². The Morgan fingerprint density at radius 3 is 2.57 bits per heavy atom. The van der Waals surface area contributed by atoms with Gasteiger partial charge in [-0.15, -0.1) is 0 Å². The van der Waals surface area contributed by atoms with Crippen LogP contribution in [0.4, 0.5) is 0 Å². The second-order valence-electron chi connectivity index (χ2n) is 4.90. The van der Waals surface area contributed by atoms with E-state index in [1.165, 1.54) is 12.1 Å². The third-order valence-corrected chi connectivity index (χ3v) is 3.30. The Morgan fingerprint density at radius 2 is 1.78 bits per heavy atom. The predicted octanol–water partition coefficient (Wildman–Crippen LogP) is 2.95. The quantitative estimate of drug-likeness (QED) is 0.575. The van der Waals surface area contributed by atoms with E-state index in [1.54, 1.807) is 18.3 Å². The molecule has 23 heavy (non-hydrogen) atoms. The van der Waals surface area contributed by atoms with E-state index in [2.05, 4.69) is 10.5 Å². The van der Waals surface area contributed by atoms with E-state index in [4.69, 9.17) is 0 Å². The number of hydrogen-bond acceptors (Lipinski definition) is 3. The first kappa shape index (κ1) is 14.6. The van der Waals surface area contributed by atoms with Crippen molar-refractivity contribution in [3.8, 4) is 11.4 Å². The fraction of sp³-hybridized carbons (Fsp3) is 0. The van der Waals surface area contributed by atoms with E-state index in [0.717, 1.165) is 11.3 Å². The Kier molecular flexibility index (Phi) is 4.20. The number of nitrogens with one attached hydrogen (secondary N) is 1. The molecule has 0 aliphatic heterocycles. The molecule has 0 aliphatic carbocycles. The topological polar surface area (TPSA) is 66.6 Å². The Hall–Kier alpha value is -3.34. The van der Waals surface area contributed by atoms with E-state index in [0.29, 0.717) is 0 Å². The van der Waals surface area contributed by atoms with Crippen LogP contribution in [0, 0.1) is 0 Å². The average Bonchev–Trinajstić information content (AvgIpc) is 3.05. The van der Waals surface area contributed by atoms with Crippen LogP contribution in [0.25, 0.3) is 5.69 Å². The minimum Gasteiger partial charge on any atom is -0.507 e. The normalized spacial score (nSPS) is 10.8. The number of nitrogens with zero attached hydrogens (tertiary/aromatic N) is 2. The Bertz CT molecular complexity index is 838. The van der Waals surface area contributed by atoms with Gasteiger partial charge in [0.2, 0.25) is 0 Å². The molecule has 0 aliphatic rings. The van der Waals surface area contributed by atoms with Gasteiger partial charge in [-0.05, 0) is 30.3 Å². The number of hydrazone groups is 1. The van der Waals surface area contributed by atoms with Crippen LogP contribution in [0.1, 0.15) is 15.9 Å². The van der Waals surface area contributed by atoms with E-state index in [9.17, 15) is 9.90 Å². The molecule has 1 aromatic heterocycles. The van der Waals surface area contributed by atoms with Crippen molar-refractivity contribution in [2.45, 2.75) is 0 Å². The zero-order chi connectivity index (χ0) is 16.1. The van der Waals surface area contributed by atoms with Gasteiger partial charge in [0, 0.05) is 23.6 Å². The highest BCUT2D eigenvalue weighted by Gasteiger charge is 2.08. The molecular formula is C18H15N3O2. The number of carbonyl (C=O) groups is 1. The van der Waals surface area contributed by atoms with Crippen LogP contribution in [-0.4, -0.2) is 21.8 Å². The van der Waals surface area contributed by atoms with Crippen LogP contribution in [0.2, 0.25) is 0 Å². The number of carbonyl (C=O) groups excluding carboxylic acids is 1. The molecule has 0 radical (unpaired) electrons. The van der Waals surface area contributed by atoms with Gasteiger partial charge in [-0.25, -0.2) is 5.43 Å². The standard InChI is InChI=1S/C18H15N3O2/c22-17-9-5-4-8-16(17)18(23)20-19-12-14-10-11-21(13-14)15-6-2-1-3-7-15/h1-13,22H,(H,20,23)/b19-12+. The number of benzene rings is 2. The molecular weight excluding hydrogens is 290 g/mol. The van der Waals surface area contributed by atoms with Gasteiger partial charge >= 0.3 is 0 Å². The summed E-state index contributed by atoms with van der Waals surface area (Å²) >= 11 is 0. The highest BCUT2D eigenvalue weighted by molar-refractivity contribution is 5.97. The van der Waals surface area contributed by atoms with Crippen molar-refractivity contribution in [2.24, 2.45) is 5.10 Å². The summed E-state index contributed by atoms with van der Waals surface area (Å²) in [6.45, 7) is 0. The first-order valence-corrected chi connectivity index (χ1v) is 7.09. The number of phenols is 1. The lowest BCUT2D eigenvalue weighted by Crippen LogP contribution is -2.17. The summed E-state index contributed by atoms with van der Waals surface area (Å²) in [5, 5.41) is 13.5. The Balaban J connectivity index is 1.66. The van der Waals surface area contributed by atoms with Crippen LogP contribution in [0.15, 0.2) is 78.2 Å². The number of aromatic hydroxyl groups is 1. The van der Waals surface area contributed by atoms with E-state index in [1.807, 2.05) is 53.4 Å². The highest BCUT2D eigenvalue weighted by atomic mass is 16.3. The van der Waals surface area contributed by atoms with E-state index >= 15 is 0 Å². The Morgan fingerprint density at radius 1 is 1.04 bits per heavy atom. The number of aromatic nitrogens is 1. The molecule has 5 nitrogen and oxygen atoms in total. The molecule has 0 bridgehead atoms. The van der Waals surface area contributed by atoms with Gasteiger partial charge in [-0.3, -0.25) is 4.79 Å². The summed E-state index contributed by atoms with van der Waals surface area (Å²) in [7, 11) is 0. The number of amides is 1. The van der Waals surface area contributed by atoms with Crippen molar-refractivity contribution in [2.75, 3.05) is 0 Å². The third-order valence-electron chi connectivity index (χ3n) is 3.30. The summed E-state index contributed by atoms with van der Waals surface area (Å²) in [4.78, 5) is 11.9. The molecule has 0 unspecified atom stereocenters. The molecule has 2 aromatic carbocycles. The zero-order valence-electron chi connectivity index (χ0n) is 12.3. The third kappa shape index (κ3) is 3.47. The van der Waals surface area contributed by atoms with Crippen molar-refractivity contribution < 1.29 is 9.90 Å². The molecule has 0 saturated heterocycles. The molecule has 5 heteroatoms. The van der Waals surface area contributed by atoms with Gasteiger partial charge in [0.25, 0.3) is 5.91 Å². The first-order chi connectivity index (χ1) is 11.2. The van der Waals surface area contributed by atoms with Crippen LogP contribution < -0.4 is 5.43 Å². The van der Waals surface area contributed by atoms with E-state index in [-0.39, 0.29) is 11.3 Å². The van der Waals surface area contributed by atoms with Crippen LogP contribution >= 0.6 is 0 Å². The second kappa shape index (κ2) is 6.62. The maximum atomic E-state index is 11.9. The SMILES string of the molecule is O=C(N/N=C/c1ccn(-c2ccccc2)c1)c1ccccc1O.